The minimum atomic E-state index is -1.70. The summed E-state index contributed by atoms with van der Waals surface area (Å²) in [6.07, 6.45) is 4.60. The van der Waals surface area contributed by atoms with Crippen molar-refractivity contribution in [2.24, 2.45) is 0 Å². The molecule has 1 saturated heterocycles. The molecule has 2 rings (SSSR count). The number of ketones is 1. The summed E-state index contributed by atoms with van der Waals surface area (Å²) in [5.74, 6) is -0.690. The minimum absolute atomic E-state index is 0.0485. The second-order valence-corrected chi connectivity index (χ2v) is 11.8. The first-order valence-electron chi connectivity index (χ1n) is 10.8. The average molecular weight is 513 g/mol. The van der Waals surface area contributed by atoms with E-state index in [2.05, 4.69) is 10.3 Å². The lowest BCUT2D eigenvalue weighted by Crippen LogP contribution is -2.52. The van der Waals surface area contributed by atoms with E-state index >= 15 is 0 Å². The van der Waals surface area contributed by atoms with E-state index in [4.69, 9.17) is 0 Å². The van der Waals surface area contributed by atoms with E-state index < -0.39 is 22.2 Å². The third kappa shape index (κ3) is 6.79. The van der Waals surface area contributed by atoms with Crippen LogP contribution in [0, 0.1) is 0 Å². The fourth-order valence-electron chi connectivity index (χ4n) is 3.44. The Hall–Kier alpha value is -1.46. The van der Waals surface area contributed by atoms with Crippen LogP contribution in [0.2, 0.25) is 0 Å². The van der Waals surface area contributed by atoms with Gasteiger partial charge in [-0.1, -0.05) is 29.4 Å². The number of amides is 1. The number of carbonyl (C=O) groups excluding carboxylic acids is 3. The van der Waals surface area contributed by atoms with Crippen LogP contribution >= 0.6 is 32.9 Å². The first-order chi connectivity index (χ1) is 15.5. The molecule has 0 aromatic carbocycles. The number of hydrogen-bond acceptors (Lipinski definition) is 9. The van der Waals surface area contributed by atoms with Crippen LogP contribution in [0.1, 0.15) is 70.6 Å². The van der Waals surface area contributed by atoms with Gasteiger partial charge < -0.3 is 15.5 Å². The van der Waals surface area contributed by atoms with Gasteiger partial charge in [0.15, 0.2) is 5.78 Å². The molecule has 3 N–H and O–H groups in total. The van der Waals surface area contributed by atoms with Crippen LogP contribution in [0.3, 0.4) is 0 Å². The number of nitrogens with zero attached hydrogens (tertiary/aromatic N) is 1. The van der Waals surface area contributed by atoms with Gasteiger partial charge in [0.2, 0.25) is 11.0 Å². The quantitative estimate of drug-likeness (QED) is 0.232. The smallest absolute Gasteiger partial charge is 0.232 e. The Bertz CT molecular complexity index is 940. The maximum atomic E-state index is 13.0. The van der Waals surface area contributed by atoms with E-state index in [0.717, 1.165) is 33.5 Å². The van der Waals surface area contributed by atoms with Crippen LogP contribution in [0.25, 0.3) is 0 Å². The molecular weight excluding hydrogens is 480 g/mol. The average Bonchev–Trinajstić information content (AvgIpc) is 3.32. The van der Waals surface area contributed by atoms with Crippen molar-refractivity contribution in [1.29, 1.82) is 0 Å². The van der Waals surface area contributed by atoms with Gasteiger partial charge in [0.25, 0.3) is 0 Å². The zero-order valence-electron chi connectivity index (χ0n) is 19.6. The summed E-state index contributed by atoms with van der Waals surface area (Å²) in [6.45, 7) is 8.81. The number of nitrogens with one attached hydrogen (secondary N) is 1. The Labute approximate surface area is 206 Å². The lowest BCUT2D eigenvalue weighted by molar-refractivity contribution is -0.132. The van der Waals surface area contributed by atoms with Crippen molar-refractivity contribution in [2.75, 3.05) is 0 Å². The molecule has 1 aliphatic rings. The zero-order chi connectivity index (χ0) is 24.8. The number of aliphatic hydroxyl groups excluding tert-OH is 1. The number of aromatic nitrogens is 1. The van der Waals surface area contributed by atoms with Gasteiger partial charge in [-0.2, -0.15) is 0 Å². The van der Waals surface area contributed by atoms with Crippen molar-refractivity contribution in [2.45, 2.75) is 82.8 Å². The van der Waals surface area contributed by atoms with E-state index in [1.165, 1.54) is 41.2 Å². The highest BCUT2D eigenvalue weighted by Crippen LogP contribution is 2.58. The van der Waals surface area contributed by atoms with Crippen molar-refractivity contribution in [1.82, 2.24) is 10.3 Å². The number of aryl methyl sites for hydroxylation is 1. The van der Waals surface area contributed by atoms with Gasteiger partial charge in [0.05, 0.1) is 16.5 Å². The summed E-state index contributed by atoms with van der Waals surface area (Å²) in [6, 6.07) is -0.283. The van der Waals surface area contributed by atoms with Crippen molar-refractivity contribution in [3.05, 3.63) is 39.9 Å². The summed E-state index contributed by atoms with van der Waals surface area (Å²) in [7, 11) is 2.17. The molecule has 0 saturated carbocycles. The molecule has 0 aliphatic carbocycles. The molecule has 7 nitrogen and oxygen atoms in total. The number of carbonyl (C=O) groups is 3. The predicted octanol–water partition coefficient (Wildman–Crippen LogP) is 3.92. The standard InChI is InChI=1S/C23H32N2O5S3/c1-6-8-17(26)18(27)11-14(3)9-10-23(22(5,30)21(29)32-33-23)12-19(28)24-15(4)20-25-16(7-2)13-31-20/h6,8,11,13,15,18,27,30H,7,9-10,12H2,1-5H3,(H,24,28)/b8-6+,14-11+. The van der Waals surface area contributed by atoms with Gasteiger partial charge in [-0.25, -0.2) is 4.98 Å². The molecule has 0 spiro atoms. The Morgan fingerprint density at radius 3 is 2.61 bits per heavy atom. The van der Waals surface area contributed by atoms with Gasteiger partial charge in [-0.05, 0) is 69.9 Å². The highest BCUT2D eigenvalue weighted by Gasteiger charge is 2.59. The number of hydrogen-bond donors (Lipinski definition) is 3. The highest BCUT2D eigenvalue weighted by molar-refractivity contribution is 8.83. The van der Waals surface area contributed by atoms with Gasteiger partial charge in [-0.15, -0.1) is 11.3 Å². The molecule has 4 unspecified atom stereocenters. The van der Waals surface area contributed by atoms with E-state index in [1.54, 1.807) is 19.9 Å². The van der Waals surface area contributed by atoms with E-state index in [-0.39, 0.29) is 23.5 Å². The van der Waals surface area contributed by atoms with Crippen LogP contribution in [0.5, 0.6) is 0 Å². The van der Waals surface area contributed by atoms with E-state index in [1.807, 2.05) is 19.2 Å². The molecule has 33 heavy (non-hydrogen) atoms. The van der Waals surface area contributed by atoms with Gasteiger partial charge in [0, 0.05) is 11.8 Å². The molecule has 1 aliphatic heterocycles. The SMILES string of the molecule is C/C=C/C(=O)C(O)/C=C(\C)CCC1(CC(=O)NC(C)c2nc(CC)cs2)SSC(=O)C1(C)O. The van der Waals surface area contributed by atoms with Crippen LogP contribution in [-0.4, -0.2) is 48.5 Å². The summed E-state index contributed by atoms with van der Waals surface area (Å²) in [5.41, 5.74) is 0.0180. The Morgan fingerprint density at radius 2 is 2.06 bits per heavy atom. The topological polar surface area (TPSA) is 117 Å². The number of rotatable bonds is 11. The molecule has 1 amide bonds. The minimum Gasteiger partial charge on any atom is -0.381 e. The van der Waals surface area contributed by atoms with Gasteiger partial charge in [-0.3, -0.25) is 14.4 Å². The molecule has 182 valence electrons. The van der Waals surface area contributed by atoms with Gasteiger partial charge >= 0.3 is 0 Å². The van der Waals surface area contributed by atoms with Crippen LogP contribution in [-0.2, 0) is 20.8 Å². The molecule has 10 heteroatoms. The van der Waals surface area contributed by atoms with E-state index in [0.29, 0.717) is 12.8 Å². The maximum Gasteiger partial charge on any atom is 0.232 e. The normalized spacial score (nSPS) is 25.4. The molecule has 0 bridgehead atoms. The van der Waals surface area contributed by atoms with Crippen LogP contribution in [0.4, 0.5) is 0 Å². The van der Waals surface area contributed by atoms with E-state index in [9.17, 15) is 24.6 Å². The molecule has 2 heterocycles. The second-order valence-electron chi connectivity index (χ2n) is 8.38. The lowest BCUT2D eigenvalue weighted by atomic mass is 9.81. The fourth-order valence-corrected chi connectivity index (χ4v) is 7.74. The maximum absolute atomic E-state index is 13.0. The summed E-state index contributed by atoms with van der Waals surface area (Å²) < 4.78 is -1.04. The fraction of sp³-hybridized carbons (Fsp3) is 0.565. The molecule has 1 fully saturated rings. The number of allylic oxidation sites excluding steroid dienone is 2. The van der Waals surface area contributed by atoms with Crippen molar-refractivity contribution in [3.63, 3.8) is 0 Å². The Balaban J connectivity index is 2.13. The second kappa shape index (κ2) is 11.8. The predicted molar refractivity (Wildman–Crippen MR) is 135 cm³/mol. The van der Waals surface area contributed by atoms with Crippen LogP contribution < -0.4 is 5.32 Å². The molecular formula is C23H32N2O5S3. The van der Waals surface area contributed by atoms with Crippen molar-refractivity contribution >= 4 is 49.7 Å². The van der Waals surface area contributed by atoms with Gasteiger partial charge in [0.1, 0.15) is 16.7 Å². The zero-order valence-corrected chi connectivity index (χ0v) is 22.0. The third-order valence-electron chi connectivity index (χ3n) is 5.68. The highest BCUT2D eigenvalue weighted by atomic mass is 33.1. The van der Waals surface area contributed by atoms with Crippen molar-refractivity contribution in [3.8, 4) is 0 Å². The summed E-state index contributed by atoms with van der Waals surface area (Å²) >= 11 is 1.49. The third-order valence-corrected chi connectivity index (χ3v) is 10.1. The first-order valence-corrected chi connectivity index (χ1v) is 13.9. The van der Waals surface area contributed by atoms with Crippen LogP contribution in [0.15, 0.2) is 29.2 Å². The first kappa shape index (κ1) is 27.8. The Morgan fingerprint density at radius 1 is 1.36 bits per heavy atom. The van der Waals surface area contributed by atoms with Crippen molar-refractivity contribution < 1.29 is 24.6 Å². The molecule has 0 radical (unpaired) electrons. The summed E-state index contributed by atoms with van der Waals surface area (Å²) in [4.78, 5) is 41.7. The lowest BCUT2D eigenvalue weighted by Gasteiger charge is -2.36. The summed E-state index contributed by atoms with van der Waals surface area (Å²) in [5, 5.41) is 26.4. The monoisotopic (exact) mass is 512 g/mol. The number of aliphatic hydroxyl groups is 2. The Kier molecular flexibility index (Phi) is 9.93. The number of thiazole rings is 1. The molecule has 4 atom stereocenters. The molecule has 1 aromatic heterocycles. The molecule has 1 aromatic rings. The largest absolute Gasteiger partial charge is 0.381 e.